The van der Waals surface area contributed by atoms with Crippen LogP contribution in [0.3, 0.4) is 0 Å². The minimum Gasteiger partial charge on any atom is -0.320 e. The van der Waals surface area contributed by atoms with E-state index in [-0.39, 0.29) is 11.9 Å². The zero-order chi connectivity index (χ0) is 14.1. The van der Waals surface area contributed by atoms with Crippen molar-refractivity contribution in [3.63, 3.8) is 0 Å². The van der Waals surface area contributed by atoms with Crippen LogP contribution in [0.25, 0.3) is 10.8 Å². The number of nitrogens with two attached hydrogens (primary N) is 1. The average molecular weight is 265 g/mol. The summed E-state index contributed by atoms with van der Waals surface area (Å²) in [6.45, 7) is 1.88. The van der Waals surface area contributed by atoms with Crippen LogP contribution in [0.5, 0.6) is 0 Å². The molecule has 0 spiro atoms. The third-order valence-corrected chi connectivity index (χ3v) is 3.58. The molecule has 0 aliphatic heterocycles. The number of rotatable bonds is 2. The van der Waals surface area contributed by atoms with Crippen molar-refractivity contribution in [3.05, 3.63) is 83.2 Å². The van der Waals surface area contributed by atoms with Gasteiger partial charge in [-0.3, -0.25) is 0 Å². The third kappa shape index (κ3) is 2.30. The normalized spacial score (nSPS) is 12.6. The van der Waals surface area contributed by atoms with Crippen molar-refractivity contribution < 1.29 is 4.39 Å². The molecule has 3 aromatic rings. The monoisotopic (exact) mass is 265 g/mol. The van der Waals surface area contributed by atoms with E-state index in [4.69, 9.17) is 5.73 Å². The van der Waals surface area contributed by atoms with Gasteiger partial charge in [0.2, 0.25) is 0 Å². The highest BCUT2D eigenvalue weighted by atomic mass is 19.1. The van der Waals surface area contributed by atoms with Gasteiger partial charge in [-0.2, -0.15) is 0 Å². The molecular weight excluding hydrogens is 249 g/mol. The van der Waals surface area contributed by atoms with E-state index >= 15 is 0 Å². The van der Waals surface area contributed by atoms with Gasteiger partial charge in [0.15, 0.2) is 0 Å². The lowest BCUT2D eigenvalue weighted by Gasteiger charge is -2.16. The predicted molar refractivity (Wildman–Crippen MR) is 81.1 cm³/mol. The first-order valence-corrected chi connectivity index (χ1v) is 6.65. The lowest BCUT2D eigenvalue weighted by Crippen LogP contribution is -2.12. The highest BCUT2D eigenvalue weighted by Gasteiger charge is 2.13. The van der Waals surface area contributed by atoms with Gasteiger partial charge < -0.3 is 5.73 Å². The highest BCUT2D eigenvalue weighted by Crippen LogP contribution is 2.28. The first kappa shape index (κ1) is 12.8. The molecule has 3 rings (SSSR count). The van der Waals surface area contributed by atoms with Crippen LogP contribution in [0.15, 0.2) is 60.7 Å². The fraction of sp³-hybridized carbons (Fsp3) is 0.111. The molecule has 3 aromatic carbocycles. The summed E-state index contributed by atoms with van der Waals surface area (Å²) in [5.74, 6) is -0.240. The van der Waals surface area contributed by atoms with Gasteiger partial charge in [-0.25, -0.2) is 4.39 Å². The topological polar surface area (TPSA) is 26.0 Å². The molecule has 2 heteroatoms. The van der Waals surface area contributed by atoms with Crippen LogP contribution in [0.4, 0.5) is 4.39 Å². The molecule has 100 valence electrons. The predicted octanol–water partition coefficient (Wildman–Crippen LogP) is 4.34. The minimum absolute atomic E-state index is 0.240. The fourth-order valence-corrected chi connectivity index (χ4v) is 2.65. The lowest BCUT2D eigenvalue weighted by molar-refractivity contribution is 0.622. The van der Waals surface area contributed by atoms with Gasteiger partial charge in [-0.1, -0.05) is 48.5 Å². The summed E-state index contributed by atoms with van der Waals surface area (Å²) in [6, 6.07) is 18.8. The Morgan fingerprint density at radius 2 is 1.70 bits per heavy atom. The molecule has 0 aromatic heterocycles. The summed E-state index contributed by atoms with van der Waals surface area (Å²) < 4.78 is 13.6. The summed E-state index contributed by atoms with van der Waals surface area (Å²) in [6.07, 6.45) is 0. The van der Waals surface area contributed by atoms with Crippen molar-refractivity contribution in [2.75, 3.05) is 0 Å². The Hall–Kier alpha value is -2.19. The van der Waals surface area contributed by atoms with E-state index in [0.29, 0.717) is 0 Å². The molecular formula is C18H16FN. The van der Waals surface area contributed by atoms with Crippen LogP contribution in [-0.2, 0) is 0 Å². The number of aryl methyl sites for hydroxylation is 1. The molecule has 0 amide bonds. The molecule has 0 fully saturated rings. The number of hydrogen-bond donors (Lipinski definition) is 1. The molecule has 1 unspecified atom stereocenters. The van der Waals surface area contributed by atoms with Crippen molar-refractivity contribution in [1.29, 1.82) is 0 Å². The first-order chi connectivity index (χ1) is 9.65. The second-order valence-electron chi connectivity index (χ2n) is 5.11. The fourth-order valence-electron chi connectivity index (χ4n) is 2.65. The Balaban J connectivity index is 2.15. The van der Waals surface area contributed by atoms with Gasteiger partial charge >= 0.3 is 0 Å². The Labute approximate surface area is 117 Å². The van der Waals surface area contributed by atoms with Gasteiger partial charge in [0.1, 0.15) is 5.82 Å². The molecule has 20 heavy (non-hydrogen) atoms. The van der Waals surface area contributed by atoms with Crippen molar-refractivity contribution in [2.24, 2.45) is 5.73 Å². The van der Waals surface area contributed by atoms with Crippen molar-refractivity contribution in [3.8, 4) is 0 Å². The molecule has 1 nitrogen and oxygen atoms in total. The van der Waals surface area contributed by atoms with Gasteiger partial charge in [0.25, 0.3) is 0 Å². The Morgan fingerprint density at radius 1 is 0.950 bits per heavy atom. The number of halogens is 1. The molecule has 0 radical (unpaired) electrons. The van der Waals surface area contributed by atoms with Crippen LogP contribution < -0.4 is 5.73 Å². The van der Waals surface area contributed by atoms with Gasteiger partial charge in [-0.15, -0.1) is 0 Å². The molecule has 0 saturated carbocycles. The maximum absolute atomic E-state index is 13.6. The second kappa shape index (κ2) is 5.06. The summed E-state index contributed by atoms with van der Waals surface area (Å²) in [5.41, 5.74) is 9.06. The maximum Gasteiger partial charge on any atom is 0.123 e. The first-order valence-electron chi connectivity index (χ1n) is 6.65. The minimum atomic E-state index is -0.324. The van der Waals surface area contributed by atoms with E-state index in [0.717, 1.165) is 27.5 Å². The molecule has 2 N–H and O–H groups in total. The summed E-state index contributed by atoms with van der Waals surface area (Å²) in [4.78, 5) is 0. The van der Waals surface area contributed by atoms with Crippen LogP contribution in [-0.4, -0.2) is 0 Å². The van der Waals surface area contributed by atoms with Crippen LogP contribution in [0.1, 0.15) is 22.7 Å². The zero-order valence-corrected chi connectivity index (χ0v) is 11.3. The lowest BCUT2D eigenvalue weighted by atomic mass is 9.93. The van der Waals surface area contributed by atoms with Crippen LogP contribution >= 0.6 is 0 Å². The number of benzene rings is 3. The summed E-state index contributed by atoms with van der Waals surface area (Å²) >= 11 is 0. The van der Waals surface area contributed by atoms with Crippen LogP contribution in [0, 0.1) is 12.7 Å². The maximum atomic E-state index is 13.6. The molecule has 0 saturated heterocycles. The number of fused-ring (bicyclic) bond motifs is 1. The van der Waals surface area contributed by atoms with Crippen molar-refractivity contribution in [1.82, 2.24) is 0 Å². The van der Waals surface area contributed by atoms with Gasteiger partial charge in [0, 0.05) is 0 Å². The zero-order valence-electron chi connectivity index (χ0n) is 11.3. The van der Waals surface area contributed by atoms with E-state index in [1.165, 1.54) is 12.1 Å². The largest absolute Gasteiger partial charge is 0.320 e. The van der Waals surface area contributed by atoms with Crippen molar-refractivity contribution >= 4 is 10.8 Å². The Bertz CT molecular complexity index is 739. The van der Waals surface area contributed by atoms with E-state index < -0.39 is 0 Å². The Kier molecular flexibility index (Phi) is 3.25. The average Bonchev–Trinajstić information content (AvgIpc) is 2.45. The summed E-state index contributed by atoms with van der Waals surface area (Å²) in [7, 11) is 0. The van der Waals surface area contributed by atoms with Crippen LogP contribution in [0.2, 0.25) is 0 Å². The second-order valence-corrected chi connectivity index (χ2v) is 5.11. The number of hydrogen-bond acceptors (Lipinski definition) is 1. The van der Waals surface area contributed by atoms with E-state index in [9.17, 15) is 4.39 Å². The van der Waals surface area contributed by atoms with Gasteiger partial charge in [0.05, 0.1) is 6.04 Å². The molecule has 0 aliphatic carbocycles. The molecule has 1 atom stereocenters. The highest BCUT2D eigenvalue weighted by molar-refractivity contribution is 5.86. The summed E-state index contributed by atoms with van der Waals surface area (Å²) in [5, 5.41) is 2.26. The Morgan fingerprint density at radius 3 is 2.50 bits per heavy atom. The smallest absolute Gasteiger partial charge is 0.123 e. The quantitative estimate of drug-likeness (QED) is 0.733. The molecule has 0 aliphatic rings. The van der Waals surface area contributed by atoms with E-state index in [2.05, 4.69) is 18.2 Å². The molecule has 0 heterocycles. The SMILES string of the molecule is Cc1cc(F)cc(C(N)c2cccc3ccccc23)c1. The molecule has 0 bridgehead atoms. The standard InChI is InChI=1S/C18H16FN/c1-12-9-14(11-15(19)10-12)18(20)17-8-4-6-13-5-2-3-7-16(13)17/h2-11,18H,20H2,1H3. The third-order valence-electron chi connectivity index (χ3n) is 3.58. The van der Waals surface area contributed by atoms with Gasteiger partial charge in [-0.05, 0) is 46.5 Å². The van der Waals surface area contributed by atoms with Crippen molar-refractivity contribution in [2.45, 2.75) is 13.0 Å². The van der Waals surface area contributed by atoms with E-state index in [1.54, 1.807) is 0 Å². The van der Waals surface area contributed by atoms with E-state index in [1.807, 2.05) is 37.3 Å².